The average molecular weight is 424 g/mol. The van der Waals surface area contributed by atoms with Crippen molar-refractivity contribution in [1.29, 1.82) is 0 Å². The zero-order valence-corrected chi connectivity index (χ0v) is 15.0. The van der Waals surface area contributed by atoms with Crippen LogP contribution < -0.4 is 0 Å². The van der Waals surface area contributed by atoms with Crippen LogP contribution in [0.1, 0.15) is 16.7 Å². The fourth-order valence-corrected chi connectivity index (χ4v) is 4.10. The van der Waals surface area contributed by atoms with Crippen molar-refractivity contribution in [3.05, 3.63) is 63.9 Å². The van der Waals surface area contributed by atoms with E-state index in [1.165, 1.54) is 12.1 Å². The zero-order valence-electron chi connectivity index (χ0n) is 11.7. The first-order valence-electron chi connectivity index (χ1n) is 6.41. The second-order valence-corrected chi connectivity index (χ2v) is 8.24. The molecule has 4 nitrogen and oxygen atoms in total. The number of aromatic nitrogens is 1. The first-order valence-corrected chi connectivity index (χ1v) is 9.97. The smallest absolute Gasteiger partial charge is 0.320 e. The molecule has 0 bridgehead atoms. The van der Waals surface area contributed by atoms with Crippen molar-refractivity contribution in [2.45, 2.75) is 17.2 Å². The Hall–Kier alpha value is -0.790. The molecule has 0 spiro atoms. The molecular formula is C14H13BrF2NO3PS. The predicted octanol–water partition coefficient (Wildman–Crippen LogP) is 4.50. The highest BCUT2D eigenvalue weighted by Gasteiger charge is 2.51. The summed E-state index contributed by atoms with van der Waals surface area (Å²) >= 11 is 4.57. The molecular weight excluding hydrogens is 411 g/mol. The molecule has 0 saturated heterocycles. The zero-order chi connectivity index (χ0) is 17.1. The van der Waals surface area contributed by atoms with Gasteiger partial charge < -0.3 is 9.79 Å². The summed E-state index contributed by atoms with van der Waals surface area (Å²) in [6.45, 7) is 0. The minimum Gasteiger partial charge on any atom is -0.320 e. The molecule has 0 fully saturated rings. The molecule has 9 heteroatoms. The van der Waals surface area contributed by atoms with Crippen molar-refractivity contribution < 1.29 is 23.1 Å². The molecule has 0 aliphatic carbocycles. The lowest BCUT2D eigenvalue weighted by atomic mass is 10.1. The number of benzene rings is 1. The van der Waals surface area contributed by atoms with Gasteiger partial charge in [0.25, 0.3) is 0 Å². The van der Waals surface area contributed by atoms with Crippen LogP contribution in [0.25, 0.3) is 0 Å². The van der Waals surface area contributed by atoms with E-state index < -0.39 is 18.8 Å². The molecule has 0 amide bonds. The predicted molar refractivity (Wildman–Crippen MR) is 89.3 cm³/mol. The van der Waals surface area contributed by atoms with Crippen molar-refractivity contribution >= 4 is 35.3 Å². The Kier molecular flexibility index (Phi) is 5.97. The number of nitrogens with zero attached hydrogens (tertiary/aromatic N) is 1. The van der Waals surface area contributed by atoms with Gasteiger partial charge in [-0.05, 0) is 29.3 Å². The van der Waals surface area contributed by atoms with E-state index in [0.717, 1.165) is 22.9 Å². The van der Waals surface area contributed by atoms with E-state index in [1.54, 1.807) is 24.2 Å². The minimum absolute atomic E-state index is 0.0205. The Balaban J connectivity index is 2.06. The van der Waals surface area contributed by atoms with Crippen LogP contribution in [-0.4, -0.2) is 14.8 Å². The van der Waals surface area contributed by atoms with Gasteiger partial charge in [0.15, 0.2) is 0 Å². The van der Waals surface area contributed by atoms with E-state index in [-0.39, 0.29) is 4.47 Å². The van der Waals surface area contributed by atoms with Gasteiger partial charge in [-0.2, -0.15) is 20.5 Å². The third kappa shape index (κ3) is 4.61. The topological polar surface area (TPSA) is 70.4 Å². The molecule has 1 aromatic carbocycles. The molecule has 124 valence electrons. The van der Waals surface area contributed by atoms with Crippen molar-refractivity contribution in [3.63, 3.8) is 0 Å². The molecule has 0 saturated carbocycles. The summed E-state index contributed by atoms with van der Waals surface area (Å²) in [6, 6.07) is 7.74. The maximum atomic E-state index is 13.7. The van der Waals surface area contributed by atoms with Gasteiger partial charge in [-0.15, -0.1) is 0 Å². The van der Waals surface area contributed by atoms with Crippen LogP contribution in [-0.2, 0) is 21.7 Å². The highest BCUT2D eigenvalue weighted by atomic mass is 79.9. The Labute approximate surface area is 144 Å². The molecule has 1 heterocycles. The van der Waals surface area contributed by atoms with Gasteiger partial charge in [0.1, 0.15) is 0 Å². The van der Waals surface area contributed by atoms with Gasteiger partial charge in [-0.3, -0.25) is 9.55 Å². The Morgan fingerprint density at radius 2 is 1.74 bits per heavy atom. The highest BCUT2D eigenvalue weighted by Crippen LogP contribution is 2.60. The van der Waals surface area contributed by atoms with Gasteiger partial charge in [0.05, 0.1) is 0 Å². The SMILES string of the molecule is O=P(O)(O)C(F)(F)c1ccc(CSCc2ccncc2)cc1Br. The fourth-order valence-electron chi connectivity index (χ4n) is 1.81. The van der Waals surface area contributed by atoms with Gasteiger partial charge in [0, 0.05) is 33.9 Å². The molecule has 0 aliphatic heterocycles. The molecule has 0 radical (unpaired) electrons. The summed E-state index contributed by atoms with van der Waals surface area (Å²) in [4.78, 5) is 21.5. The molecule has 1 aromatic heterocycles. The molecule has 0 atom stereocenters. The number of thioether (sulfide) groups is 1. The van der Waals surface area contributed by atoms with Crippen LogP contribution in [0.4, 0.5) is 8.78 Å². The van der Waals surface area contributed by atoms with E-state index >= 15 is 0 Å². The van der Waals surface area contributed by atoms with E-state index in [2.05, 4.69) is 20.9 Å². The maximum Gasteiger partial charge on any atom is 0.399 e. The van der Waals surface area contributed by atoms with Crippen LogP contribution in [0.3, 0.4) is 0 Å². The van der Waals surface area contributed by atoms with Crippen molar-refractivity contribution in [3.8, 4) is 0 Å². The summed E-state index contributed by atoms with van der Waals surface area (Å²) in [6.07, 6.45) is 3.40. The Bertz CT molecular complexity index is 727. The first-order chi connectivity index (χ1) is 10.7. The number of hydrogen-bond donors (Lipinski definition) is 2. The molecule has 23 heavy (non-hydrogen) atoms. The second-order valence-electron chi connectivity index (χ2n) is 4.75. The normalized spacial score (nSPS) is 12.4. The number of alkyl halides is 2. The van der Waals surface area contributed by atoms with Crippen molar-refractivity contribution in [1.82, 2.24) is 4.98 Å². The lowest BCUT2D eigenvalue weighted by molar-refractivity contribution is 0.0557. The monoisotopic (exact) mass is 423 g/mol. The van der Waals surface area contributed by atoms with Gasteiger partial charge >= 0.3 is 13.3 Å². The summed E-state index contributed by atoms with van der Waals surface area (Å²) < 4.78 is 38.4. The minimum atomic E-state index is -5.57. The summed E-state index contributed by atoms with van der Waals surface area (Å²) in [5.41, 5.74) is -3.04. The second kappa shape index (κ2) is 7.40. The third-order valence-electron chi connectivity index (χ3n) is 3.01. The quantitative estimate of drug-likeness (QED) is 0.669. The molecule has 2 rings (SSSR count). The van der Waals surface area contributed by atoms with Crippen LogP contribution in [0, 0.1) is 0 Å². The molecule has 2 aromatic rings. The molecule has 0 aliphatic rings. The van der Waals surface area contributed by atoms with Gasteiger partial charge in [-0.1, -0.05) is 28.1 Å². The summed E-state index contributed by atoms with van der Waals surface area (Å²) in [5, 5.41) is 0. The first kappa shape index (κ1) is 18.5. The number of halogens is 3. The fraction of sp³-hybridized carbons (Fsp3) is 0.214. The largest absolute Gasteiger partial charge is 0.399 e. The molecule has 2 N–H and O–H groups in total. The van der Waals surface area contributed by atoms with E-state index in [4.69, 9.17) is 9.79 Å². The number of hydrogen-bond acceptors (Lipinski definition) is 3. The van der Waals surface area contributed by atoms with E-state index in [1.807, 2.05) is 12.1 Å². The molecule has 0 unspecified atom stereocenters. The van der Waals surface area contributed by atoms with Crippen LogP contribution >= 0.6 is 35.3 Å². The van der Waals surface area contributed by atoms with Gasteiger partial charge in [-0.25, -0.2) is 0 Å². The van der Waals surface area contributed by atoms with Crippen LogP contribution in [0.2, 0.25) is 0 Å². The summed E-state index contributed by atoms with van der Waals surface area (Å²) in [7, 11) is -5.57. The number of rotatable bonds is 6. The van der Waals surface area contributed by atoms with E-state index in [9.17, 15) is 13.3 Å². The Morgan fingerprint density at radius 1 is 1.13 bits per heavy atom. The van der Waals surface area contributed by atoms with Gasteiger partial charge in [0.2, 0.25) is 0 Å². The van der Waals surface area contributed by atoms with Crippen molar-refractivity contribution in [2.24, 2.45) is 0 Å². The lowest BCUT2D eigenvalue weighted by Crippen LogP contribution is -2.14. The highest BCUT2D eigenvalue weighted by molar-refractivity contribution is 9.10. The Morgan fingerprint density at radius 3 is 2.30 bits per heavy atom. The number of pyridine rings is 1. The van der Waals surface area contributed by atoms with Crippen LogP contribution in [0.15, 0.2) is 47.2 Å². The average Bonchev–Trinajstić information content (AvgIpc) is 2.47. The standard InChI is InChI=1S/C14H13BrF2NO3PS/c15-13-7-11(9-23-8-10-3-5-18-6-4-10)1-2-12(13)14(16,17)22(19,20)21/h1-7H,8-9H2,(H2,19,20,21). The summed E-state index contributed by atoms with van der Waals surface area (Å²) in [5.74, 6) is 1.34. The maximum absolute atomic E-state index is 13.7. The van der Waals surface area contributed by atoms with Crippen LogP contribution in [0.5, 0.6) is 0 Å². The lowest BCUT2D eigenvalue weighted by Gasteiger charge is -2.19. The van der Waals surface area contributed by atoms with E-state index in [0.29, 0.717) is 5.75 Å². The third-order valence-corrected chi connectivity index (χ3v) is 5.71. The van der Waals surface area contributed by atoms with Crippen molar-refractivity contribution in [2.75, 3.05) is 0 Å².